The first-order valence-electron chi connectivity index (χ1n) is 12.4. The van der Waals surface area contributed by atoms with Crippen LogP contribution < -0.4 is 21.5 Å². The highest BCUT2D eigenvalue weighted by atomic mass is 16.5. The third kappa shape index (κ3) is 4.56. The smallest absolute Gasteiger partial charge is 0.274 e. The quantitative estimate of drug-likeness (QED) is 0.436. The average Bonchev–Trinajstić information content (AvgIpc) is 3.32. The third-order valence-electron chi connectivity index (χ3n) is 7.41. The highest BCUT2D eigenvalue weighted by Crippen LogP contribution is 2.29. The SMILES string of the molecule is CNc1cc(Nc2cccn(C3CCC(OC)CC3)c2=O)nn2c(C(=O)NC3CCC3OC)cnc12. The van der Waals surface area contributed by atoms with E-state index in [4.69, 9.17) is 9.47 Å². The van der Waals surface area contributed by atoms with Crippen LogP contribution in [0.2, 0.25) is 0 Å². The van der Waals surface area contributed by atoms with Crippen molar-refractivity contribution in [2.24, 2.45) is 0 Å². The van der Waals surface area contributed by atoms with Crippen molar-refractivity contribution in [1.82, 2.24) is 24.5 Å². The summed E-state index contributed by atoms with van der Waals surface area (Å²) in [5.74, 6) is 0.157. The van der Waals surface area contributed by atoms with Gasteiger partial charge in [0.1, 0.15) is 5.69 Å². The lowest BCUT2D eigenvalue weighted by molar-refractivity contribution is 0.00718. The highest BCUT2D eigenvalue weighted by molar-refractivity contribution is 5.94. The van der Waals surface area contributed by atoms with Gasteiger partial charge in [-0.25, -0.2) is 9.50 Å². The van der Waals surface area contributed by atoms with Gasteiger partial charge in [-0.2, -0.15) is 0 Å². The number of aromatic nitrogens is 4. The fourth-order valence-corrected chi connectivity index (χ4v) is 5.12. The highest BCUT2D eigenvalue weighted by Gasteiger charge is 2.33. The number of rotatable bonds is 8. The molecule has 3 N–H and O–H groups in total. The minimum Gasteiger partial charge on any atom is -0.385 e. The molecule has 3 heterocycles. The standard InChI is InChI=1S/C25H33N7O4/c1-26-19-13-22(28-18-5-4-12-31(25(18)34)15-6-8-16(35-2)9-7-15)30-32-20(14-27-23(19)32)24(33)29-17-10-11-21(17)36-3/h4-5,12-17,21,26H,6-11H2,1-3H3,(H,28,30)(H,29,33). The zero-order valence-corrected chi connectivity index (χ0v) is 20.9. The van der Waals surface area contributed by atoms with E-state index in [2.05, 4.69) is 26.0 Å². The van der Waals surface area contributed by atoms with Gasteiger partial charge < -0.3 is 30.0 Å². The summed E-state index contributed by atoms with van der Waals surface area (Å²) in [5, 5.41) is 13.9. The fraction of sp³-hybridized carbons (Fsp3) is 0.520. The van der Waals surface area contributed by atoms with Gasteiger partial charge in [0.05, 0.1) is 30.1 Å². The van der Waals surface area contributed by atoms with Crippen molar-refractivity contribution in [2.75, 3.05) is 31.9 Å². The Bertz CT molecular complexity index is 1290. The molecule has 11 nitrogen and oxygen atoms in total. The van der Waals surface area contributed by atoms with Crippen LogP contribution in [0, 0.1) is 0 Å². The van der Waals surface area contributed by atoms with E-state index in [1.54, 1.807) is 38.0 Å². The van der Waals surface area contributed by atoms with Gasteiger partial charge >= 0.3 is 0 Å². The largest absolute Gasteiger partial charge is 0.385 e. The molecule has 0 spiro atoms. The number of amides is 1. The normalized spacial score (nSPS) is 23.8. The molecule has 2 aliphatic carbocycles. The Morgan fingerprint density at radius 2 is 1.89 bits per heavy atom. The number of nitrogens with zero attached hydrogens (tertiary/aromatic N) is 4. The first-order chi connectivity index (χ1) is 17.5. The lowest BCUT2D eigenvalue weighted by atomic mass is 9.89. The van der Waals surface area contributed by atoms with Gasteiger partial charge in [-0.3, -0.25) is 9.59 Å². The first-order valence-corrected chi connectivity index (χ1v) is 12.4. The van der Waals surface area contributed by atoms with Crippen LogP contribution in [-0.4, -0.2) is 64.6 Å². The van der Waals surface area contributed by atoms with Crippen molar-refractivity contribution in [3.63, 3.8) is 0 Å². The maximum Gasteiger partial charge on any atom is 0.274 e. The number of nitrogens with one attached hydrogen (secondary N) is 3. The molecule has 0 saturated heterocycles. The Kier molecular flexibility index (Phi) is 6.92. The number of carbonyl (C=O) groups excluding carboxylic acids is 1. The average molecular weight is 496 g/mol. The van der Waals surface area contributed by atoms with Crippen LogP contribution in [-0.2, 0) is 9.47 Å². The monoisotopic (exact) mass is 495 g/mol. The Morgan fingerprint density at radius 3 is 2.56 bits per heavy atom. The number of methoxy groups -OCH3 is 2. The molecule has 3 aromatic rings. The third-order valence-corrected chi connectivity index (χ3v) is 7.41. The van der Waals surface area contributed by atoms with E-state index in [0.29, 0.717) is 28.5 Å². The fourth-order valence-electron chi connectivity index (χ4n) is 5.12. The lowest BCUT2D eigenvalue weighted by Gasteiger charge is -2.35. The van der Waals surface area contributed by atoms with E-state index in [0.717, 1.165) is 38.5 Å². The van der Waals surface area contributed by atoms with E-state index in [9.17, 15) is 9.59 Å². The molecule has 0 aromatic carbocycles. The molecule has 36 heavy (non-hydrogen) atoms. The van der Waals surface area contributed by atoms with Gasteiger partial charge in [-0.1, -0.05) is 0 Å². The van der Waals surface area contributed by atoms with Crippen LogP contribution in [0.5, 0.6) is 0 Å². The van der Waals surface area contributed by atoms with Crippen LogP contribution in [0.1, 0.15) is 55.1 Å². The molecule has 2 fully saturated rings. The molecule has 5 rings (SSSR count). The molecule has 0 aliphatic heterocycles. The van der Waals surface area contributed by atoms with E-state index >= 15 is 0 Å². The van der Waals surface area contributed by atoms with Gasteiger partial charge in [0.15, 0.2) is 17.2 Å². The summed E-state index contributed by atoms with van der Waals surface area (Å²) in [7, 11) is 5.17. The predicted octanol–water partition coefficient (Wildman–Crippen LogP) is 2.71. The number of pyridine rings is 1. The van der Waals surface area contributed by atoms with Crippen molar-refractivity contribution in [3.8, 4) is 0 Å². The number of hydrogen-bond acceptors (Lipinski definition) is 8. The number of anilines is 3. The predicted molar refractivity (Wildman–Crippen MR) is 136 cm³/mol. The summed E-state index contributed by atoms with van der Waals surface area (Å²) in [6.45, 7) is 0. The van der Waals surface area contributed by atoms with Crippen LogP contribution in [0.15, 0.2) is 35.4 Å². The van der Waals surface area contributed by atoms with Crippen LogP contribution >= 0.6 is 0 Å². The van der Waals surface area contributed by atoms with Crippen molar-refractivity contribution in [1.29, 1.82) is 0 Å². The van der Waals surface area contributed by atoms with E-state index < -0.39 is 0 Å². The zero-order chi connectivity index (χ0) is 25.2. The van der Waals surface area contributed by atoms with Crippen LogP contribution in [0.4, 0.5) is 17.2 Å². The van der Waals surface area contributed by atoms with Gasteiger partial charge in [-0.15, -0.1) is 5.10 Å². The molecular weight excluding hydrogens is 462 g/mol. The number of ether oxygens (including phenoxy) is 2. The van der Waals surface area contributed by atoms with E-state index in [-0.39, 0.29) is 35.8 Å². The molecule has 0 bridgehead atoms. The van der Waals surface area contributed by atoms with Crippen molar-refractivity contribution >= 4 is 28.7 Å². The van der Waals surface area contributed by atoms with Gasteiger partial charge in [-0.05, 0) is 50.7 Å². The number of carbonyl (C=O) groups is 1. The minimum absolute atomic E-state index is 0.0241. The summed E-state index contributed by atoms with van der Waals surface area (Å²) in [6.07, 6.45) is 9.10. The van der Waals surface area contributed by atoms with Gasteiger partial charge in [0.2, 0.25) is 0 Å². The molecule has 3 aromatic heterocycles. The number of hydrogen-bond donors (Lipinski definition) is 3. The molecule has 0 radical (unpaired) electrons. The summed E-state index contributed by atoms with van der Waals surface area (Å²) in [4.78, 5) is 30.7. The Hall–Kier alpha value is -3.44. The zero-order valence-electron chi connectivity index (χ0n) is 20.9. The molecule has 2 aliphatic rings. The molecule has 2 atom stereocenters. The Labute approximate surface area is 209 Å². The first kappa shape index (κ1) is 24.3. The van der Waals surface area contributed by atoms with Crippen molar-refractivity contribution in [3.05, 3.63) is 46.6 Å². The van der Waals surface area contributed by atoms with Gasteiger partial charge in [0, 0.05) is 39.6 Å². The molecular formula is C25H33N7O4. The van der Waals surface area contributed by atoms with Crippen LogP contribution in [0.25, 0.3) is 5.65 Å². The summed E-state index contributed by atoms with van der Waals surface area (Å²) in [6, 6.07) is 5.50. The van der Waals surface area contributed by atoms with E-state index in [1.165, 1.54) is 10.7 Å². The maximum absolute atomic E-state index is 13.3. The van der Waals surface area contributed by atoms with Crippen LogP contribution in [0.3, 0.4) is 0 Å². The Morgan fingerprint density at radius 1 is 1.08 bits per heavy atom. The van der Waals surface area contributed by atoms with E-state index in [1.807, 2.05) is 12.3 Å². The second-order valence-electron chi connectivity index (χ2n) is 9.43. The molecule has 2 unspecified atom stereocenters. The second kappa shape index (κ2) is 10.3. The van der Waals surface area contributed by atoms with Crippen molar-refractivity contribution < 1.29 is 14.3 Å². The maximum atomic E-state index is 13.3. The summed E-state index contributed by atoms with van der Waals surface area (Å²) >= 11 is 0. The number of fused-ring (bicyclic) bond motifs is 1. The molecule has 11 heteroatoms. The minimum atomic E-state index is -0.269. The number of imidazole rings is 1. The topological polar surface area (TPSA) is 124 Å². The molecule has 1 amide bonds. The molecule has 2 saturated carbocycles. The summed E-state index contributed by atoms with van der Waals surface area (Å²) in [5.41, 5.74) is 1.83. The summed E-state index contributed by atoms with van der Waals surface area (Å²) < 4.78 is 14.2. The van der Waals surface area contributed by atoms with Gasteiger partial charge in [0.25, 0.3) is 11.5 Å². The lowest BCUT2D eigenvalue weighted by Crippen LogP contribution is -2.51. The van der Waals surface area contributed by atoms with Crippen molar-refractivity contribution in [2.45, 2.75) is 62.8 Å². The molecule has 192 valence electrons. The second-order valence-corrected chi connectivity index (χ2v) is 9.43. The Balaban J connectivity index is 1.41.